The van der Waals surface area contributed by atoms with Gasteiger partial charge >= 0.3 is 0 Å². The molecule has 0 aliphatic heterocycles. The number of hydrogen-bond donors (Lipinski definition) is 1. The van der Waals surface area contributed by atoms with E-state index in [1.54, 1.807) is 0 Å². The van der Waals surface area contributed by atoms with Gasteiger partial charge < -0.3 is 4.42 Å². The van der Waals surface area contributed by atoms with Crippen molar-refractivity contribution in [2.75, 3.05) is 5.32 Å². The number of aromatic nitrogens is 1. The average molecular weight is 292 g/mol. The van der Waals surface area contributed by atoms with E-state index < -0.39 is 0 Å². The van der Waals surface area contributed by atoms with Crippen molar-refractivity contribution in [3.8, 4) is 11.5 Å². The van der Waals surface area contributed by atoms with Crippen molar-refractivity contribution in [2.45, 2.75) is 13.3 Å². The molecule has 0 saturated heterocycles. The van der Waals surface area contributed by atoms with Crippen LogP contribution in [0.2, 0.25) is 0 Å². The van der Waals surface area contributed by atoms with E-state index in [2.05, 4.69) is 10.3 Å². The average Bonchev–Trinajstić information content (AvgIpc) is 2.91. The molecule has 0 fully saturated rings. The lowest BCUT2D eigenvalue weighted by atomic mass is 10.1. The lowest BCUT2D eigenvalue weighted by molar-refractivity contribution is -0.114. The van der Waals surface area contributed by atoms with Crippen LogP contribution in [0.15, 0.2) is 65.1 Å². The second kappa shape index (κ2) is 6.26. The van der Waals surface area contributed by atoms with Crippen molar-refractivity contribution in [1.82, 2.24) is 4.98 Å². The minimum atomic E-state index is -0.176. The van der Waals surface area contributed by atoms with Crippen LogP contribution >= 0.6 is 0 Å². The quantitative estimate of drug-likeness (QED) is 0.793. The van der Waals surface area contributed by atoms with Gasteiger partial charge in [0, 0.05) is 18.9 Å². The zero-order valence-corrected chi connectivity index (χ0v) is 12.2. The van der Waals surface area contributed by atoms with E-state index >= 15 is 0 Å². The van der Waals surface area contributed by atoms with E-state index in [-0.39, 0.29) is 5.91 Å². The first-order valence-corrected chi connectivity index (χ1v) is 7.09. The van der Waals surface area contributed by atoms with Crippen molar-refractivity contribution < 1.29 is 9.21 Å². The number of rotatable bonds is 4. The van der Waals surface area contributed by atoms with E-state index in [4.69, 9.17) is 4.42 Å². The summed E-state index contributed by atoms with van der Waals surface area (Å²) in [6.07, 6.45) is 0.604. The molecule has 2 aromatic carbocycles. The third kappa shape index (κ3) is 3.23. The van der Waals surface area contributed by atoms with Gasteiger partial charge in [-0.2, -0.15) is 0 Å². The SMILES string of the molecule is CC(=O)Nc1oc(-c2ccccc2)nc1Cc1ccccc1. The molecule has 0 saturated carbocycles. The van der Waals surface area contributed by atoms with Crippen LogP contribution < -0.4 is 5.32 Å². The number of hydrogen-bond acceptors (Lipinski definition) is 3. The summed E-state index contributed by atoms with van der Waals surface area (Å²) in [4.78, 5) is 15.9. The lowest BCUT2D eigenvalue weighted by Crippen LogP contribution is -2.07. The Morgan fingerprint density at radius 2 is 1.68 bits per heavy atom. The van der Waals surface area contributed by atoms with Crippen molar-refractivity contribution in [1.29, 1.82) is 0 Å². The monoisotopic (exact) mass is 292 g/mol. The number of carbonyl (C=O) groups excluding carboxylic acids is 1. The molecular weight excluding hydrogens is 276 g/mol. The topological polar surface area (TPSA) is 55.1 Å². The molecule has 1 aromatic heterocycles. The minimum absolute atomic E-state index is 0.176. The second-order valence-electron chi connectivity index (χ2n) is 5.00. The van der Waals surface area contributed by atoms with Crippen LogP contribution in [0.25, 0.3) is 11.5 Å². The number of anilines is 1. The van der Waals surface area contributed by atoms with Gasteiger partial charge in [0.1, 0.15) is 5.69 Å². The van der Waals surface area contributed by atoms with E-state index in [0.717, 1.165) is 16.8 Å². The fraction of sp³-hybridized carbons (Fsp3) is 0.111. The first-order valence-electron chi connectivity index (χ1n) is 7.09. The summed E-state index contributed by atoms with van der Waals surface area (Å²) < 4.78 is 5.74. The van der Waals surface area contributed by atoms with Gasteiger partial charge in [-0.3, -0.25) is 10.1 Å². The van der Waals surface area contributed by atoms with Crippen molar-refractivity contribution in [3.63, 3.8) is 0 Å². The molecule has 4 heteroatoms. The van der Waals surface area contributed by atoms with Crippen LogP contribution in [0.1, 0.15) is 18.2 Å². The third-order valence-electron chi connectivity index (χ3n) is 3.22. The molecule has 3 aromatic rings. The summed E-state index contributed by atoms with van der Waals surface area (Å²) in [5.74, 6) is 0.746. The summed E-state index contributed by atoms with van der Waals surface area (Å²) in [5, 5.41) is 2.72. The summed E-state index contributed by atoms with van der Waals surface area (Å²) in [6.45, 7) is 1.46. The van der Waals surface area contributed by atoms with Gasteiger partial charge in [-0.1, -0.05) is 48.5 Å². The number of benzene rings is 2. The molecule has 1 heterocycles. The summed E-state index contributed by atoms with van der Waals surface area (Å²) >= 11 is 0. The van der Waals surface area contributed by atoms with Crippen molar-refractivity contribution in [2.24, 2.45) is 0 Å². The van der Waals surface area contributed by atoms with E-state index in [0.29, 0.717) is 18.2 Å². The van der Waals surface area contributed by atoms with Crippen molar-refractivity contribution >= 4 is 11.8 Å². The van der Waals surface area contributed by atoms with Crippen LogP contribution in [-0.2, 0) is 11.2 Å². The summed E-state index contributed by atoms with van der Waals surface area (Å²) in [7, 11) is 0. The van der Waals surface area contributed by atoms with Gasteiger partial charge in [0.2, 0.25) is 17.7 Å². The predicted molar refractivity (Wildman–Crippen MR) is 85.5 cm³/mol. The Kier molecular flexibility index (Phi) is 4.01. The van der Waals surface area contributed by atoms with E-state index in [1.165, 1.54) is 6.92 Å². The maximum atomic E-state index is 11.4. The predicted octanol–water partition coefficient (Wildman–Crippen LogP) is 3.89. The fourth-order valence-electron chi connectivity index (χ4n) is 2.22. The first kappa shape index (κ1) is 14.1. The molecule has 0 bridgehead atoms. The zero-order valence-electron chi connectivity index (χ0n) is 12.2. The van der Waals surface area contributed by atoms with Gasteiger partial charge in [0.05, 0.1) is 0 Å². The molecule has 0 spiro atoms. The fourth-order valence-corrected chi connectivity index (χ4v) is 2.22. The second-order valence-corrected chi connectivity index (χ2v) is 5.00. The molecule has 0 atom stereocenters. The number of carbonyl (C=O) groups is 1. The normalized spacial score (nSPS) is 10.4. The highest BCUT2D eigenvalue weighted by atomic mass is 16.4. The minimum Gasteiger partial charge on any atom is -0.420 e. The Bertz CT molecular complexity index is 764. The first-order chi connectivity index (χ1) is 10.7. The Labute approximate surface area is 128 Å². The van der Waals surface area contributed by atoms with E-state index in [1.807, 2.05) is 60.7 Å². The Hall–Kier alpha value is -2.88. The molecule has 0 unspecified atom stereocenters. The molecule has 0 aliphatic carbocycles. The van der Waals surface area contributed by atoms with Crippen LogP contribution in [0.5, 0.6) is 0 Å². The van der Waals surface area contributed by atoms with Gasteiger partial charge in [-0.25, -0.2) is 4.98 Å². The maximum Gasteiger partial charge on any atom is 0.229 e. The highest BCUT2D eigenvalue weighted by molar-refractivity contribution is 5.88. The molecule has 1 N–H and O–H groups in total. The molecule has 22 heavy (non-hydrogen) atoms. The molecule has 110 valence electrons. The van der Waals surface area contributed by atoms with Gasteiger partial charge in [-0.15, -0.1) is 0 Å². The maximum absolute atomic E-state index is 11.4. The van der Waals surface area contributed by atoms with Crippen molar-refractivity contribution in [3.05, 3.63) is 71.9 Å². The third-order valence-corrected chi connectivity index (χ3v) is 3.22. The summed E-state index contributed by atoms with van der Waals surface area (Å²) in [6, 6.07) is 19.6. The molecule has 1 amide bonds. The van der Waals surface area contributed by atoms with E-state index in [9.17, 15) is 4.79 Å². The smallest absolute Gasteiger partial charge is 0.229 e. The molecule has 0 radical (unpaired) electrons. The molecule has 0 aliphatic rings. The largest absolute Gasteiger partial charge is 0.420 e. The highest BCUT2D eigenvalue weighted by Gasteiger charge is 2.15. The number of oxazole rings is 1. The number of nitrogens with one attached hydrogen (secondary N) is 1. The molecule has 3 rings (SSSR count). The highest BCUT2D eigenvalue weighted by Crippen LogP contribution is 2.27. The van der Waals surface area contributed by atoms with Crippen LogP contribution in [0.3, 0.4) is 0 Å². The van der Waals surface area contributed by atoms with Gasteiger partial charge in [0.15, 0.2) is 0 Å². The van der Waals surface area contributed by atoms with Crippen LogP contribution in [-0.4, -0.2) is 10.9 Å². The van der Waals surface area contributed by atoms with Gasteiger partial charge in [-0.05, 0) is 17.7 Å². The van der Waals surface area contributed by atoms with Crippen LogP contribution in [0.4, 0.5) is 5.88 Å². The number of amides is 1. The number of nitrogens with zero attached hydrogens (tertiary/aromatic N) is 1. The van der Waals surface area contributed by atoms with Crippen LogP contribution in [0, 0.1) is 0 Å². The molecular formula is C18H16N2O2. The summed E-state index contributed by atoms with van der Waals surface area (Å²) in [5.41, 5.74) is 2.72. The Morgan fingerprint density at radius 3 is 2.32 bits per heavy atom. The lowest BCUT2D eigenvalue weighted by Gasteiger charge is -2.01. The Morgan fingerprint density at radius 1 is 1.05 bits per heavy atom. The molecule has 4 nitrogen and oxygen atoms in total. The zero-order chi connectivity index (χ0) is 15.4. The van der Waals surface area contributed by atoms with Gasteiger partial charge in [0.25, 0.3) is 0 Å². The Balaban J connectivity index is 1.96. The standard InChI is InChI=1S/C18H16N2O2/c1-13(21)19-18-16(12-14-8-4-2-5-9-14)20-17(22-18)15-10-6-3-7-11-15/h2-11H,12H2,1H3,(H,19,21).